The molecule has 218 valence electrons. The molecule has 0 aliphatic heterocycles. The van der Waals surface area contributed by atoms with Gasteiger partial charge in [-0.1, -0.05) is 109 Å². The molecule has 10 rings (SSSR count). The first-order chi connectivity index (χ1) is 23.3. The quantitative estimate of drug-likeness (QED) is 0.189. The first-order valence-corrected chi connectivity index (χ1v) is 15.6. The molecule has 47 heavy (non-hydrogen) atoms. The normalized spacial score (nSPS) is 11.8. The SMILES string of the molecule is c1ccc2cc(-c3nc(-c4ccc5c(ccc6ccc7ccccc7c65)c4)nc(-c4cccc5oc6ccncc6c45)n3)ccc2c1. The van der Waals surface area contributed by atoms with Gasteiger partial charge in [0.25, 0.3) is 0 Å². The van der Waals surface area contributed by atoms with Crippen molar-refractivity contribution in [1.29, 1.82) is 0 Å². The second-order valence-electron chi connectivity index (χ2n) is 11.9. The summed E-state index contributed by atoms with van der Waals surface area (Å²) in [5.74, 6) is 1.81. The van der Waals surface area contributed by atoms with Gasteiger partial charge in [-0.3, -0.25) is 4.98 Å². The summed E-state index contributed by atoms with van der Waals surface area (Å²) in [5.41, 5.74) is 4.27. The number of fused-ring (bicyclic) bond motifs is 9. The lowest BCUT2D eigenvalue weighted by atomic mass is 9.95. The predicted octanol–water partition coefficient (Wildman–Crippen LogP) is 10.8. The average Bonchev–Trinajstić information content (AvgIpc) is 3.53. The van der Waals surface area contributed by atoms with Gasteiger partial charge in [0, 0.05) is 39.9 Å². The summed E-state index contributed by atoms with van der Waals surface area (Å²) >= 11 is 0. The molecule has 0 fully saturated rings. The van der Waals surface area contributed by atoms with Crippen LogP contribution in [0.1, 0.15) is 0 Å². The van der Waals surface area contributed by atoms with Crippen LogP contribution >= 0.6 is 0 Å². The van der Waals surface area contributed by atoms with Gasteiger partial charge >= 0.3 is 0 Å². The molecule has 0 radical (unpaired) electrons. The van der Waals surface area contributed by atoms with E-state index >= 15 is 0 Å². The van der Waals surface area contributed by atoms with Crippen LogP contribution in [0.2, 0.25) is 0 Å². The molecule has 3 aromatic heterocycles. The fraction of sp³-hybridized carbons (Fsp3) is 0. The fourth-order valence-corrected chi connectivity index (χ4v) is 6.92. The molecule has 0 amide bonds. The van der Waals surface area contributed by atoms with Crippen LogP contribution < -0.4 is 0 Å². The zero-order chi connectivity index (χ0) is 30.9. The van der Waals surface area contributed by atoms with Gasteiger partial charge in [0.05, 0.1) is 0 Å². The van der Waals surface area contributed by atoms with Crippen LogP contribution in [0.15, 0.2) is 150 Å². The van der Waals surface area contributed by atoms with E-state index in [1.807, 2.05) is 30.5 Å². The number of hydrogen-bond acceptors (Lipinski definition) is 5. The molecule has 5 nitrogen and oxygen atoms in total. The molecule has 0 saturated heterocycles. The van der Waals surface area contributed by atoms with Crippen LogP contribution in [-0.2, 0) is 0 Å². The molecule has 0 atom stereocenters. The summed E-state index contributed by atoms with van der Waals surface area (Å²) < 4.78 is 6.20. The number of pyridine rings is 1. The molecule has 0 unspecified atom stereocenters. The molecule has 0 aliphatic carbocycles. The van der Waals surface area contributed by atoms with Gasteiger partial charge in [0.1, 0.15) is 11.2 Å². The summed E-state index contributed by atoms with van der Waals surface area (Å²) in [6.07, 6.45) is 3.59. The van der Waals surface area contributed by atoms with E-state index in [9.17, 15) is 0 Å². The van der Waals surface area contributed by atoms with E-state index in [1.165, 1.54) is 32.3 Å². The molecule has 0 saturated carbocycles. The Labute approximate surface area is 268 Å². The topological polar surface area (TPSA) is 64.7 Å². The van der Waals surface area contributed by atoms with Crippen molar-refractivity contribution in [2.75, 3.05) is 0 Å². The molecular formula is C42H24N4O. The maximum Gasteiger partial charge on any atom is 0.164 e. The minimum Gasteiger partial charge on any atom is -0.456 e. The van der Waals surface area contributed by atoms with E-state index < -0.39 is 0 Å². The number of benzene rings is 7. The van der Waals surface area contributed by atoms with Gasteiger partial charge in [0.2, 0.25) is 0 Å². The monoisotopic (exact) mass is 600 g/mol. The Kier molecular flexibility index (Phi) is 5.51. The number of aromatic nitrogens is 4. The molecular weight excluding hydrogens is 576 g/mol. The molecule has 0 N–H and O–H groups in total. The standard InChI is InChI=1S/C42H24N4O/c1-2-8-28-22-30(17-12-25(28)6-1)40-44-41(46-42(45-40)34-10-5-11-37-39(34)35-24-43-21-20-36(35)47-37)31-18-19-33-29(23-31)16-15-27-14-13-26-7-3-4-9-32(26)38(27)33/h1-24H. The summed E-state index contributed by atoms with van der Waals surface area (Å²) in [6, 6.07) is 46.5. The van der Waals surface area contributed by atoms with Crippen molar-refractivity contribution in [1.82, 2.24) is 19.9 Å². The van der Waals surface area contributed by atoms with Gasteiger partial charge in [-0.25, -0.2) is 15.0 Å². The first kappa shape index (κ1) is 25.8. The summed E-state index contributed by atoms with van der Waals surface area (Å²) in [7, 11) is 0. The predicted molar refractivity (Wildman–Crippen MR) is 191 cm³/mol. The largest absolute Gasteiger partial charge is 0.456 e. The Morgan fingerprint density at radius 2 is 1.06 bits per heavy atom. The maximum atomic E-state index is 6.20. The minimum absolute atomic E-state index is 0.583. The molecule has 10 aromatic rings. The van der Waals surface area contributed by atoms with Gasteiger partial charge in [-0.15, -0.1) is 0 Å². The van der Waals surface area contributed by atoms with Crippen molar-refractivity contribution >= 4 is 65.0 Å². The highest BCUT2D eigenvalue weighted by Crippen LogP contribution is 2.38. The van der Waals surface area contributed by atoms with Crippen molar-refractivity contribution in [3.05, 3.63) is 146 Å². The van der Waals surface area contributed by atoms with E-state index in [4.69, 9.17) is 19.4 Å². The van der Waals surface area contributed by atoms with Crippen molar-refractivity contribution in [2.24, 2.45) is 0 Å². The Hall–Kier alpha value is -6.46. The van der Waals surface area contributed by atoms with E-state index in [0.29, 0.717) is 17.5 Å². The second kappa shape index (κ2) is 10.0. The molecule has 0 aliphatic rings. The Morgan fingerprint density at radius 3 is 1.94 bits per heavy atom. The van der Waals surface area contributed by atoms with Crippen LogP contribution in [0.25, 0.3) is 99.2 Å². The first-order valence-electron chi connectivity index (χ1n) is 15.6. The minimum atomic E-state index is 0.583. The number of nitrogens with zero attached hydrogens (tertiary/aromatic N) is 4. The van der Waals surface area contributed by atoms with E-state index in [0.717, 1.165) is 49.4 Å². The average molecular weight is 601 g/mol. The van der Waals surface area contributed by atoms with Crippen LogP contribution in [0.5, 0.6) is 0 Å². The second-order valence-corrected chi connectivity index (χ2v) is 11.9. The van der Waals surface area contributed by atoms with Crippen molar-refractivity contribution in [3.8, 4) is 34.2 Å². The zero-order valence-electron chi connectivity index (χ0n) is 25.1. The van der Waals surface area contributed by atoms with E-state index in [1.54, 1.807) is 6.20 Å². The molecule has 0 spiro atoms. The number of hydrogen-bond donors (Lipinski definition) is 0. The number of furan rings is 1. The summed E-state index contributed by atoms with van der Waals surface area (Å²) in [4.78, 5) is 19.7. The fourth-order valence-electron chi connectivity index (χ4n) is 6.92. The maximum absolute atomic E-state index is 6.20. The van der Waals surface area contributed by atoms with Crippen LogP contribution in [0.3, 0.4) is 0 Å². The van der Waals surface area contributed by atoms with Gasteiger partial charge in [0.15, 0.2) is 17.5 Å². The third-order valence-electron chi connectivity index (χ3n) is 9.16. The van der Waals surface area contributed by atoms with E-state index in [2.05, 4.69) is 114 Å². The van der Waals surface area contributed by atoms with Crippen molar-refractivity contribution in [3.63, 3.8) is 0 Å². The zero-order valence-corrected chi connectivity index (χ0v) is 25.1. The third kappa shape index (κ3) is 4.10. The van der Waals surface area contributed by atoms with Gasteiger partial charge < -0.3 is 4.42 Å². The lowest BCUT2D eigenvalue weighted by Crippen LogP contribution is -2.00. The van der Waals surface area contributed by atoms with Crippen molar-refractivity contribution < 1.29 is 4.42 Å². The molecule has 7 aromatic carbocycles. The van der Waals surface area contributed by atoms with E-state index in [-0.39, 0.29) is 0 Å². The van der Waals surface area contributed by atoms with Crippen molar-refractivity contribution in [2.45, 2.75) is 0 Å². The van der Waals surface area contributed by atoms with Crippen LogP contribution in [-0.4, -0.2) is 19.9 Å². The van der Waals surface area contributed by atoms with Crippen LogP contribution in [0, 0.1) is 0 Å². The lowest BCUT2D eigenvalue weighted by molar-refractivity contribution is 0.668. The Morgan fingerprint density at radius 1 is 0.404 bits per heavy atom. The summed E-state index contributed by atoms with van der Waals surface area (Å²) in [5, 5.41) is 11.5. The molecule has 0 bridgehead atoms. The van der Waals surface area contributed by atoms with Gasteiger partial charge in [-0.05, 0) is 67.4 Å². The Bertz CT molecular complexity index is 2870. The number of rotatable bonds is 3. The van der Waals surface area contributed by atoms with Crippen LogP contribution in [0.4, 0.5) is 0 Å². The lowest BCUT2D eigenvalue weighted by Gasteiger charge is -2.12. The third-order valence-corrected chi connectivity index (χ3v) is 9.16. The van der Waals surface area contributed by atoms with Gasteiger partial charge in [-0.2, -0.15) is 0 Å². The highest BCUT2D eigenvalue weighted by Gasteiger charge is 2.18. The highest BCUT2D eigenvalue weighted by atomic mass is 16.3. The highest BCUT2D eigenvalue weighted by molar-refractivity contribution is 6.20. The summed E-state index contributed by atoms with van der Waals surface area (Å²) in [6.45, 7) is 0. The smallest absolute Gasteiger partial charge is 0.164 e. The molecule has 5 heteroatoms. The molecule has 3 heterocycles. The Balaban J connectivity index is 1.22.